The van der Waals surface area contributed by atoms with Crippen molar-refractivity contribution in [3.05, 3.63) is 28.2 Å². The van der Waals surface area contributed by atoms with Gasteiger partial charge in [-0.15, -0.1) is 0 Å². The molecule has 0 atom stereocenters. The Kier molecular flexibility index (Phi) is 4.71. The lowest BCUT2D eigenvalue weighted by atomic mass is 9.89. The summed E-state index contributed by atoms with van der Waals surface area (Å²) in [6, 6.07) is 6.37. The molecule has 0 saturated heterocycles. The second kappa shape index (κ2) is 6.10. The van der Waals surface area contributed by atoms with Crippen LogP contribution >= 0.6 is 15.9 Å². The van der Waals surface area contributed by atoms with E-state index in [4.69, 9.17) is 4.74 Å². The summed E-state index contributed by atoms with van der Waals surface area (Å²) < 4.78 is 7.37. The van der Waals surface area contributed by atoms with Crippen molar-refractivity contribution >= 4 is 15.9 Å². The van der Waals surface area contributed by atoms with Crippen LogP contribution in [0.4, 0.5) is 0 Å². The SMILES string of the molecule is CC1CCC(Oc2ccc(Br)cc2C(C)C)CC1. The first-order valence-corrected chi connectivity index (χ1v) is 7.81. The summed E-state index contributed by atoms with van der Waals surface area (Å²) in [7, 11) is 0. The van der Waals surface area contributed by atoms with Gasteiger partial charge < -0.3 is 4.74 Å². The van der Waals surface area contributed by atoms with E-state index in [1.54, 1.807) is 0 Å². The van der Waals surface area contributed by atoms with E-state index in [1.807, 2.05) is 0 Å². The highest BCUT2D eigenvalue weighted by Crippen LogP contribution is 2.33. The minimum atomic E-state index is 0.417. The molecule has 1 nitrogen and oxygen atoms in total. The Hall–Kier alpha value is -0.500. The van der Waals surface area contributed by atoms with Crippen LogP contribution in [0.3, 0.4) is 0 Å². The number of ether oxygens (including phenoxy) is 1. The molecule has 2 rings (SSSR count). The minimum Gasteiger partial charge on any atom is -0.490 e. The van der Waals surface area contributed by atoms with E-state index in [2.05, 4.69) is 54.9 Å². The van der Waals surface area contributed by atoms with Crippen LogP contribution in [0, 0.1) is 5.92 Å². The molecular formula is C16H23BrO. The van der Waals surface area contributed by atoms with Gasteiger partial charge in [0.25, 0.3) is 0 Å². The molecule has 100 valence electrons. The first-order valence-electron chi connectivity index (χ1n) is 7.02. The number of hydrogen-bond acceptors (Lipinski definition) is 1. The Balaban J connectivity index is 2.09. The van der Waals surface area contributed by atoms with Gasteiger partial charge >= 0.3 is 0 Å². The molecule has 0 aromatic heterocycles. The maximum absolute atomic E-state index is 6.23. The van der Waals surface area contributed by atoms with Gasteiger partial charge in [-0.1, -0.05) is 36.7 Å². The molecule has 18 heavy (non-hydrogen) atoms. The van der Waals surface area contributed by atoms with Crippen LogP contribution in [0.5, 0.6) is 5.75 Å². The summed E-state index contributed by atoms with van der Waals surface area (Å²) in [4.78, 5) is 0. The zero-order chi connectivity index (χ0) is 13.1. The smallest absolute Gasteiger partial charge is 0.123 e. The average molecular weight is 311 g/mol. The summed E-state index contributed by atoms with van der Waals surface area (Å²) >= 11 is 3.54. The third kappa shape index (κ3) is 3.50. The third-order valence-electron chi connectivity index (χ3n) is 3.85. The molecule has 0 aliphatic heterocycles. The molecule has 0 heterocycles. The van der Waals surface area contributed by atoms with Crippen molar-refractivity contribution in [1.82, 2.24) is 0 Å². The van der Waals surface area contributed by atoms with Gasteiger partial charge in [0.1, 0.15) is 5.75 Å². The summed E-state index contributed by atoms with van der Waals surface area (Å²) in [5.74, 6) is 2.45. The zero-order valence-corrected chi connectivity index (χ0v) is 13.2. The normalized spacial score (nSPS) is 24.3. The molecule has 0 bridgehead atoms. The molecule has 1 saturated carbocycles. The van der Waals surface area contributed by atoms with Crippen molar-refractivity contribution in [3.63, 3.8) is 0 Å². The van der Waals surface area contributed by atoms with Gasteiger partial charge in [0.2, 0.25) is 0 Å². The van der Waals surface area contributed by atoms with Crippen molar-refractivity contribution in [2.24, 2.45) is 5.92 Å². The monoisotopic (exact) mass is 310 g/mol. The molecule has 1 aliphatic carbocycles. The van der Waals surface area contributed by atoms with E-state index in [0.717, 1.165) is 16.1 Å². The van der Waals surface area contributed by atoms with E-state index in [9.17, 15) is 0 Å². The lowest BCUT2D eigenvalue weighted by Gasteiger charge is -2.28. The lowest BCUT2D eigenvalue weighted by Crippen LogP contribution is -2.23. The van der Waals surface area contributed by atoms with E-state index in [1.165, 1.54) is 31.2 Å². The van der Waals surface area contributed by atoms with Gasteiger partial charge in [0.05, 0.1) is 6.10 Å². The summed E-state index contributed by atoms with van der Waals surface area (Å²) in [5, 5.41) is 0. The van der Waals surface area contributed by atoms with E-state index >= 15 is 0 Å². The first-order chi connectivity index (χ1) is 8.56. The highest BCUT2D eigenvalue weighted by Gasteiger charge is 2.20. The van der Waals surface area contributed by atoms with Crippen LogP contribution in [0.1, 0.15) is 57.9 Å². The van der Waals surface area contributed by atoms with Crippen molar-refractivity contribution in [2.45, 2.75) is 58.5 Å². The summed E-state index contributed by atoms with van der Waals surface area (Å²) in [5.41, 5.74) is 1.31. The Morgan fingerprint density at radius 2 is 1.83 bits per heavy atom. The standard InChI is InChI=1S/C16H23BrO/c1-11(2)15-10-13(17)6-9-16(15)18-14-7-4-12(3)5-8-14/h6,9-12,14H,4-5,7-8H2,1-3H3. The second-order valence-corrected chi connectivity index (χ2v) is 6.75. The second-order valence-electron chi connectivity index (χ2n) is 5.84. The van der Waals surface area contributed by atoms with Crippen molar-refractivity contribution < 1.29 is 4.74 Å². The van der Waals surface area contributed by atoms with Crippen molar-refractivity contribution in [3.8, 4) is 5.75 Å². The van der Waals surface area contributed by atoms with Crippen LogP contribution in [0.25, 0.3) is 0 Å². The number of hydrogen-bond donors (Lipinski definition) is 0. The maximum atomic E-state index is 6.23. The molecule has 1 aromatic rings. The topological polar surface area (TPSA) is 9.23 Å². The van der Waals surface area contributed by atoms with Crippen molar-refractivity contribution in [2.75, 3.05) is 0 Å². The van der Waals surface area contributed by atoms with Crippen LogP contribution in [-0.4, -0.2) is 6.10 Å². The molecule has 0 amide bonds. The molecule has 1 aliphatic rings. The fourth-order valence-electron chi connectivity index (χ4n) is 2.60. The Labute approximate surface area is 119 Å². The molecule has 0 spiro atoms. The van der Waals surface area contributed by atoms with Gasteiger partial charge in [-0.2, -0.15) is 0 Å². The highest BCUT2D eigenvalue weighted by atomic mass is 79.9. The maximum Gasteiger partial charge on any atom is 0.123 e. The highest BCUT2D eigenvalue weighted by molar-refractivity contribution is 9.10. The van der Waals surface area contributed by atoms with Crippen LogP contribution in [0.15, 0.2) is 22.7 Å². The number of benzene rings is 1. The van der Waals surface area contributed by atoms with E-state index in [0.29, 0.717) is 12.0 Å². The van der Waals surface area contributed by atoms with Gasteiger partial charge in [0, 0.05) is 4.47 Å². The van der Waals surface area contributed by atoms with Gasteiger partial charge in [0.15, 0.2) is 0 Å². The quantitative estimate of drug-likeness (QED) is 0.713. The van der Waals surface area contributed by atoms with Gasteiger partial charge in [-0.3, -0.25) is 0 Å². The largest absolute Gasteiger partial charge is 0.490 e. The molecule has 2 heteroatoms. The molecular weight excluding hydrogens is 288 g/mol. The summed E-state index contributed by atoms with van der Waals surface area (Å²) in [6.07, 6.45) is 5.43. The van der Waals surface area contributed by atoms with Crippen LogP contribution in [0.2, 0.25) is 0 Å². The molecule has 1 fully saturated rings. The fourth-order valence-corrected chi connectivity index (χ4v) is 2.98. The van der Waals surface area contributed by atoms with Gasteiger partial charge in [-0.25, -0.2) is 0 Å². The van der Waals surface area contributed by atoms with Crippen LogP contribution < -0.4 is 4.74 Å². The predicted molar refractivity (Wildman–Crippen MR) is 80.3 cm³/mol. The predicted octanol–water partition coefficient (Wildman–Crippen LogP) is 5.53. The van der Waals surface area contributed by atoms with E-state index < -0.39 is 0 Å². The van der Waals surface area contributed by atoms with Crippen LogP contribution in [-0.2, 0) is 0 Å². The molecule has 1 aromatic carbocycles. The Bertz CT molecular complexity index is 392. The average Bonchev–Trinajstić information content (AvgIpc) is 2.34. The molecule has 0 radical (unpaired) electrons. The number of rotatable bonds is 3. The zero-order valence-electron chi connectivity index (χ0n) is 11.6. The van der Waals surface area contributed by atoms with E-state index in [-0.39, 0.29) is 0 Å². The molecule has 0 unspecified atom stereocenters. The molecule has 0 N–H and O–H groups in total. The Morgan fingerprint density at radius 3 is 2.44 bits per heavy atom. The number of halogens is 1. The summed E-state index contributed by atoms with van der Waals surface area (Å²) in [6.45, 7) is 6.78. The third-order valence-corrected chi connectivity index (χ3v) is 4.34. The Morgan fingerprint density at radius 1 is 1.17 bits per heavy atom. The van der Waals surface area contributed by atoms with Gasteiger partial charge in [-0.05, 0) is 61.3 Å². The first kappa shape index (κ1) is 13.9. The lowest BCUT2D eigenvalue weighted by molar-refractivity contribution is 0.134. The van der Waals surface area contributed by atoms with Crippen molar-refractivity contribution in [1.29, 1.82) is 0 Å². The minimum absolute atomic E-state index is 0.417. The fraction of sp³-hybridized carbons (Fsp3) is 0.625.